The van der Waals surface area contributed by atoms with E-state index in [1.165, 1.54) is 20.0 Å². The number of carboxylic acid groups (broad SMARTS) is 1. The van der Waals surface area contributed by atoms with E-state index in [9.17, 15) is 23.1 Å². The van der Waals surface area contributed by atoms with Crippen molar-refractivity contribution in [1.29, 1.82) is 0 Å². The highest BCUT2D eigenvalue weighted by Crippen LogP contribution is 2.21. The second-order valence-corrected chi connectivity index (χ2v) is 11.0. The van der Waals surface area contributed by atoms with Gasteiger partial charge in [0.25, 0.3) is 5.91 Å². The number of hydrogen-bond donors (Lipinski definition) is 3. The maximum Gasteiger partial charge on any atom is 0.306 e. The monoisotopic (exact) mass is 490 g/mol. The summed E-state index contributed by atoms with van der Waals surface area (Å²) in [5.41, 5.74) is 1.24. The minimum absolute atomic E-state index is 0.00745. The maximum atomic E-state index is 13.0. The summed E-state index contributed by atoms with van der Waals surface area (Å²) in [5, 5.41) is 22.5. The Kier molecular flexibility index (Phi) is 9.64. The number of carbonyl (C=O) groups is 2. The van der Waals surface area contributed by atoms with Gasteiger partial charge < -0.3 is 15.5 Å². The topological polar surface area (TPSA) is 124 Å². The molecule has 186 valence electrons. The minimum atomic E-state index is -3.68. The minimum Gasteiger partial charge on any atom is -0.481 e. The molecular weight excluding hydrogens is 456 g/mol. The molecule has 0 radical (unpaired) electrons. The Morgan fingerprint density at radius 1 is 1.00 bits per heavy atom. The van der Waals surface area contributed by atoms with Crippen LogP contribution >= 0.6 is 0 Å². The highest BCUT2D eigenvalue weighted by molar-refractivity contribution is 7.92. The van der Waals surface area contributed by atoms with E-state index in [4.69, 9.17) is 5.11 Å². The van der Waals surface area contributed by atoms with Gasteiger partial charge in [0.2, 0.25) is 10.0 Å². The number of hydrogen-bond acceptors (Lipinski definition) is 5. The maximum absolute atomic E-state index is 13.0. The van der Waals surface area contributed by atoms with E-state index in [1.54, 1.807) is 42.5 Å². The summed E-state index contributed by atoms with van der Waals surface area (Å²) < 4.78 is 26.9. The van der Waals surface area contributed by atoms with Crippen molar-refractivity contribution in [2.45, 2.75) is 51.5 Å². The number of sulfonamides is 1. The molecule has 0 saturated heterocycles. The van der Waals surface area contributed by atoms with Gasteiger partial charge in [-0.15, -0.1) is 0 Å². The van der Waals surface area contributed by atoms with Gasteiger partial charge in [-0.05, 0) is 42.5 Å². The normalized spacial score (nSPS) is 14.3. The molecule has 0 bridgehead atoms. The molecule has 0 saturated carbocycles. The Morgan fingerprint density at radius 3 is 2.24 bits per heavy atom. The van der Waals surface area contributed by atoms with Crippen molar-refractivity contribution in [2.24, 2.45) is 11.8 Å². The molecule has 0 unspecified atom stereocenters. The third-order valence-electron chi connectivity index (χ3n) is 5.60. The molecule has 9 heteroatoms. The molecule has 3 atom stereocenters. The molecule has 0 heterocycles. The van der Waals surface area contributed by atoms with Crippen molar-refractivity contribution < 1.29 is 28.2 Å². The number of benzene rings is 2. The Morgan fingerprint density at radius 2 is 1.65 bits per heavy atom. The van der Waals surface area contributed by atoms with E-state index in [1.807, 2.05) is 19.9 Å². The van der Waals surface area contributed by atoms with Crippen LogP contribution in [0.25, 0.3) is 0 Å². The predicted octanol–water partition coefficient (Wildman–Crippen LogP) is 3.27. The Bertz CT molecular complexity index is 1070. The van der Waals surface area contributed by atoms with E-state index in [0.717, 1.165) is 4.31 Å². The first-order valence-corrected chi connectivity index (χ1v) is 12.8. The zero-order valence-corrected chi connectivity index (χ0v) is 20.8. The lowest BCUT2D eigenvalue weighted by Gasteiger charge is -2.27. The van der Waals surface area contributed by atoms with Gasteiger partial charge in [-0.3, -0.25) is 13.9 Å². The van der Waals surface area contributed by atoms with Gasteiger partial charge >= 0.3 is 5.97 Å². The molecule has 0 aliphatic carbocycles. The number of aliphatic hydroxyl groups excluding tert-OH is 1. The van der Waals surface area contributed by atoms with Crippen LogP contribution in [0.1, 0.15) is 49.5 Å². The first kappa shape index (κ1) is 27.3. The first-order chi connectivity index (χ1) is 15.9. The number of carboxylic acids is 1. The van der Waals surface area contributed by atoms with Crippen molar-refractivity contribution in [3.05, 3.63) is 65.7 Å². The lowest BCUT2D eigenvalue weighted by Crippen LogP contribution is -2.45. The third kappa shape index (κ3) is 7.85. The van der Waals surface area contributed by atoms with Crippen LogP contribution in [-0.4, -0.2) is 49.7 Å². The van der Waals surface area contributed by atoms with Crippen molar-refractivity contribution in [3.8, 4) is 0 Å². The smallest absolute Gasteiger partial charge is 0.306 e. The molecule has 0 spiro atoms. The van der Waals surface area contributed by atoms with Crippen LogP contribution in [0.15, 0.2) is 54.6 Å². The van der Waals surface area contributed by atoms with Gasteiger partial charge in [0.05, 0.1) is 29.5 Å². The largest absolute Gasteiger partial charge is 0.481 e. The average Bonchev–Trinajstić information content (AvgIpc) is 2.78. The summed E-state index contributed by atoms with van der Waals surface area (Å²) in [6, 6.07) is 14.4. The van der Waals surface area contributed by atoms with Crippen LogP contribution in [0.5, 0.6) is 0 Å². The fourth-order valence-corrected chi connectivity index (χ4v) is 4.83. The van der Waals surface area contributed by atoms with Crippen molar-refractivity contribution in [3.63, 3.8) is 0 Å². The molecule has 2 aromatic carbocycles. The zero-order chi connectivity index (χ0) is 25.5. The van der Waals surface area contributed by atoms with Crippen molar-refractivity contribution in [1.82, 2.24) is 5.32 Å². The Labute approximate surface area is 201 Å². The predicted molar refractivity (Wildman–Crippen MR) is 132 cm³/mol. The summed E-state index contributed by atoms with van der Waals surface area (Å²) in [6.45, 7) is 5.40. The molecular formula is C25H34N2O6S. The number of nitrogens with zero attached hydrogens (tertiary/aromatic N) is 1. The summed E-state index contributed by atoms with van der Waals surface area (Å²) in [6.07, 6.45) is -0.563. The molecule has 34 heavy (non-hydrogen) atoms. The van der Waals surface area contributed by atoms with Crippen LogP contribution in [0.3, 0.4) is 0 Å². The Hall–Kier alpha value is -2.91. The SMILES string of the molecule is CC(C)C[C@H](NC(=O)c1cccc(N(C)S(=O)(=O)Cc2ccccc2)c1)[C@@H](O)C[C@@H](C)C(=O)O. The number of nitrogens with one attached hydrogen (secondary N) is 1. The molecule has 0 aromatic heterocycles. The van der Waals surface area contributed by atoms with E-state index in [0.29, 0.717) is 17.7 Å². The quantitative estimate of drug-likeness (QED) is 0.420. The van der Waals surface area contributed by atoms with E-state index in [-0.39, 0.29) is 23.7 Å². The van der Waals surface area contributed by atoms with Gasteiger partial charge in [0.1, 0.15) is 0 Å². The van der Waals surface area contributed by atoms with Gasteiger partial charge in [-0.25, -0.2) is 8.42 Å². The zero-order valence-electron chi connectivity index (χ0n) is 20.0. The van der Waals surface area contributed by atoms with Crippen LogP contribution in [0.4, 0.5) is 5.69 Å². The highest BCUT2D eigenvalue weighted by Gasteiger charge is 2.27. The summed E-state index contributed by atoms with van der Waals surface area (Å²) in [4.78, 5) is 24.1. The van der Waals surface area contributed by atoms with E-state index in [2.05, 4.69) is 5.32 Å². The Balaban J connectivity index is 2.18. The summed E-state index contributed by atoms with van der Waals surface area (Å²) in [7, 11) is -2.24. The molecule has 0 fully saturated rings. The van der Waals surface area contributed by atoms with Gasteiger partial charge in [0.15, 0.2) is 0 Å². The van der Waals surface area contributed by atoms with E-state index < -0.39 is 40.0 Å². The number of aliphatic hydroxyl groups is 1. The lowest BCUT2D eigenvalue weighted by atomic mass is 9.92. The second-order valence-electron chi connectivity index (χ2n) is 9.01. The molecule has 0 aliphatic heterocycles. The number of carbonyl (C=O) groups excluding carboxylic acids is 1. The molecule has 3 N–H and O–H groups in total. The highest BCUT2D eigenvalue weighted by atomic mass is 32.2. The van der Waals surface area contributed by atoms with Crippen LogP contribution in [0.2, 0.25) is 0 Å². The molecule has 2 rings (SSSR count). The third-order valence-corrected chi connectivity index (χ3v) is 7.35. The number of aliphatic carboxylic acids is 1. The summed E-state index contributed by atoms with van der Waals surface area (Å²) in [5.74, 6) is -2.26. The lowest BCUT2D eigenvalue weighted by molar-refractivity contribution is -0.142. The fourth-order valence-electron chi connectivity index (χ4n) is 3.58. The van der Waals surface area contributed by atoms with Crippen LogP contribution in [0, 0.1) is 11.8 Å². The van der Waals surface area contributed by atoms with Crippen LogP contribution < -0.4 is 9.62 Å². The van der Waals surface area contributed by atoms with Gasteiger partial charge in [-0.2, -0.15) is 0 Å². The van der Waals surface area contributed by atoms with Crippen molar-refractivity contribution >= 4 is 27.6 Å². The standard InChI is InChI=1S/C25H34N2O6S/c1-17(2)13-22(23(28)14-18(3)25(30)31)26-24(29)20-11-8-12-21(15-20)27(4)34(32,33)16-19-9-6-5-7-10-19/h5-12,15,17-18,22-23,28H,13-14,16H2,1-4H3,(H,26,29)(H,30,31)/t18-,22+,23+/m1/s1. The summed E-state index contributed by atoms with van der Waals surface area (Å²) >= 11 is 0. The number of amides is 1. The van der Waals surface area contributed by atoms with Crippen LogP contribution in [-0.2, 0) is 20.6 Å². The fraction of sp³-hybridized carbons (Fsp3) is 0.440. The first-order valence-electron chi connectivity index (χ1n) is 11.2. The average molecular weight is 491 g/mol. The molecule has 8 nitrogen and oxygen atoms in total. The molecule has 1 amide bonds. The van der Waals surface area contributed by atoms with Crippen molar-refractivity contribution in [2.75, 3.05) is 11.4 Å². The van der Waals surface area contributed by atoms with E-state index >= 15 is 0 Å². The molecule has 0 aliphatic rings. The number of rotatable bonds is 12. The number of anilines is 1. The van der Waals surface area contributed by atoms with Gasteiger partial charge in [0, 0.05) is 12.6 Å². The molecule has 2 aromatic rings. The van der Waals surface area contributed by atoms with Gasteiger partial charge in [-0.1, -0.05) is 57.2 Å². The second kappa shape index (κ2) is 12.0.